The second-order valence-corrected chi connectivity index (χ2v) is 4.64. The fraction of sp³-hybridized carbons (Fsp3) is 0.900. The van der Waals surface area contributed by atoms with E-state index in [2.05, 4.69) is 9.80 Å². The van der Waals surface area contributed by atoms with Crippen molar-refractivity contribution in [3.63, 3.8) is 0 Å². The number of rotatable bonds is 3. The van der Waals surface area contributed by atoms with Crippen LogP contribution in [0.5, 0.6) is 0 Å². The van der Waals surface area contributed by atoms with Crippen LogP contribution in [0.3, 0.4) is 0 Å². The average Bonchev–Trinajstić information content (AvgIpc) is 2.56. The fourth-order valence-electron chi connectivity index (χ4n) is 2.10. The van der Waals surface area contributed by atoms with Gasteiger partial charge in [-0.1, -0.05) is 0 Å². The largest absolute Gasteiger partial charge is 0.449 e. The zero-order valence-corrected chi connectivity index (χ0v) is 9.19. The Labute approximate surface area is 90.1 Å². The molecule has 2 rings (SSSR count). The molecule has 5 nitrogen and oxygen atoms in total. The van der Waals surface area contributed by atoms with Gasteiger partial charge in [-0.2, -0.15) is 0 Å². The van der Waals surface area contributed by atoms with E-state index < -0.39 is 0 Å². The lowest BCUT2D eigenvalue weighted by Gasteiger charge is -2.34. The van der Waals surface area contributed by atoms with E-state index >= 15 is 0 Å². The van der Waals surface area contributed by atoms with Gasteiger partial charge in [-0.05, 0) is 13.5 Å². The molecule has 0 spiro atoms. The summed E-state index contributed by atoms with van der Waals surface area (Å²) in [7, 11) is 2.00. The molecule has 0 radical (unpaired) electrons. The van der Waals surface area contributed by atoms with Crippen LogP contribution in [0.2, 0.25) is 0 Å². The average molecular weight is 213 g/mol. The number of carbonyl (C=O) groups is 1. The van der Waals surface area contributed by atoms with Crippen molar-refractivity contribution in [1.29, 1.82) is 0 Å². The third kappa shape index (κ3) is 2.68. The zero-order chi connectivity index (χ0) is 10.8. The first-order chi connectivity index (χ1) is 7.15. The van der Waals surface area contributed by atoms with Crippen molar-refractivity contribution >= 4 is 5.97 Å². The number of carbonyl (C=O) groups excluding carboxylic acids is 1. The number of hydrogen-bond acceptors (Lipinski definition) is 5. The predicted octanol–water partition coefficient (Wildman–Crippen LogP) is -0.918. The SMILES string of the molecule is CN1CC(C(=O)OCN2CCC(N)C2)C1. The first-order valence-corrected chi connectivity index (χ1v) is 5.48. The molecule has 2 aliphatic heterocycles. The molecule has 1 atom stereocenters. The molecule has 2 N–H and O–H groups in total. The quantitative estimate of drug-likeness (QED) is 0.615. The molecule has 0 aromatic heterocycles. The summed E-state index contributed by atoms with van der Waals surface area (Å²) >= 11 is 0. The van der Waals surface area contributed by atoms with Crippen molar-refractivity contribution in [2.45, 2.75) is 12.5 Å². The van der Waals surface area contributed by atoms with E-state index in [9.17, 15) is 4.79 Å². The van der Waals surface area contributed by atoms with Gasteiger partial charge in [0, 0.05) is 32.2 Å². The molecular weight excluding hydrogens is 194 g/mol. The smallest absolute Gasteiger partial charge is 0.312 e. The zero-order valence-electron chi connectivity index (χ0n) is 9.19. The molecule has 2 fully saturated rings. The van der Waals surface area contributed by atoms with Crippen LogP contribution in [-0.2, 0) is 9.53 Å². The number of hydrogen-bond donors (Lipinski definition) is 1. The molecule has 0 saturated carbocycles. The van der Waals surface area contributed by atoms with Crippen molar-refractivity contribution in [2.24, 2.45) is 11.7 Å². The molecule has 0 amide bonds. The number of esters is 1. The van der Waals surface area contributed by atoms with Crippen LogP contribution in [-0.4, -0.2) is 61.8 Å². The van der Waals surface area contributed by atoms with Crippen LogP contribution >= 0.6 is 0 Å². The highest BCUT2D eigenvalue weighted by Crippen LogP contribution is 2.15. The van der Waals surface area contributed by atoms with Gasteiger partial charge in [-0.3, -0.25) is 9.69 Å². The summed E-state index contributed by atoms with van der Waals surface area (Å²) in [6, 6.07) is 0.249. The molecule has 0 aromatic rings. The minimum atomic E-state index is -0.0615. The molecule has 5 heteroatoms. The maximum absolute atomic E-state index is 11.5. The van der Waals surface area contributed by atoms with E-state index in [4.69, 9.17) is 10.5 Å². The fourth-order valence-corrected chi connectivity index (χ4v) is 2.10. The van der Waals surface area contributed by atoms with Crippen LogP contribution in [0, 0.1) is 5.92 Å². The van der Waals surface area contributed by atoms with Gasteiger partial charge in [-0.15, -0.1) is 0 Å². The van der Waals surface area contributed by atoms with E-state index in [1.807, 2.05) is 7.05 Å². The lowest BCUT2D eigenvalue weighted by molar-refractivity contribution is -0.158. The number of ether oxygens (including phenoxy) is 1. The highest BCUT2D eigenvalue weighted by molar-refractivity contribution is 5.73. The molecule has 0 bridgehead atoms. The second-order valence-electron chi connectivity index (χ2n) is 4.64. The van der Waals surface area contributed by atoms with E-state index in [1.54, 1.807) is 0 Å². The Hall–Kier alpha value is -0.650. The molecule has 2 aliphatic rings. The number of nitrogens with two attached hydrogens (primary N) is 1. The van der Waals surface area contributed by atoms with Gasteiger partial charge >= 0.3 is 5.97 Å². The molecule has 2 saturated heterocycles. The summed E-state index contributed by atoms with van der Waals surface area (Å²) in [6.07, 6.45) is 1.00. The first-order valence-electron chi connectivity index (χ1n) is 5.48. The van der Waals surface area contributed by atoms with Crippen LogP contribution in [0.1, 0.15) is 6.42 Å². The molecular formula is C10H19N3O2. The van der Waals surface area contributed by atoms with Gasteiger partial charge in [0.2, 0.25) is 0 Å². The van der Waals surface area contributed by atoms with Gasteiger partial charge in [0.15, 0.2) is 0 Å². The Morgan fingerprint density at radius 1 is 1.47 bits per heavy atom. The number of nitrogens with zero attached hydrogens (tertiary/aromatic N) is 2. The lowest BCUT2D eigenvalue weighted by Crippen LogP contribution is -2.49. The Balaban J connectivity index is 1.63. The standard InChI is InChI=1S/C10H19N3O2/c1-12-4-8(5-12)10(14)15-7-13-3-2-9(11)6-13/h8-9H,2-7,11H2,1H3. The maximum Gasteiger partial charge on any atom is 0.312 e. The topological polar surface area (TPSA) is 58.8 Å². The van der Waals surface area contributed by atoms with Gasteiger partial charge in [0.25, 0.3) is 0 Å². The monoisotopic (exact) mass is 213 g/mol. The minimum Gasteiger partial charge on any atom is -0.449 e. The Bertz CT molecular complexity index is 241. The third-order valence-electron chi connectivity index (χ3n) is 3.10. The van der Waals surface area contributed by atoms with Crippen molar-refractivity contribution in [3.8, 4) is 0 Å². The van der Waals surface area contributed by atoms with Gasteiger partial charge < -0.3 is 15.4 Å². The van der Waals surface area contributed by atoms with E-state index in [0.29, 0.717) is 6.73 Å². The van der Waals surface area contributed by atoms with Crippen molar-refractivity contribution < 1.29 is 9.53 Å². The predicted molar refractivity (Wildman–Crippen MR) is 56.1 cm³/mol. The second kappa shape index (κ2) is 4.47. The van der Waals surface area contributed by atoms with Crippen molar-refractivity contribution in [1.82, 2.24) is 9.80 Å². The van der Waals surface area contributed by atoms with Gasteiger partial charge in [0.05, 0.1) is 5.92 Å². The maximum atomic E-state index is 11.5. The van der Waals surface area contributed by atoms with E-state index in [-0.39, 0.29) is 17.9 Å². The molecule has 0 aromatic carbocycles. The Morgan fingerprint density at radius 3 is 2.73 bits per heavy atom. The highest BCUT2D eigenvalue weighted by atomic mass is 16.5. The summed E-state index contributed by atoms with van der Waals surface area (Å²) < 4.78 is 5.23. The van der Waals surface area contributed by atoms with Crippen LogP contribution in [0.15, 0.2) is 0 Å². The van der Waals surface area contributed by atoms with E-state index in [1.165, 1.54) is 0 Å². The third-order valence-corrected chi connectivity index (χ3v) is 3.10. The lowest BCUT2D eigenvalue weighted by atomic mass is 10.0. The number of likely N-dealkylation sites (tertiary alicyclic amines) is 2. The Kier molecular flexibility index (Phi) is 3.23. The van der Waals surface area contributed by atoms with E-state index in [0.717, 1.165) is 32.6 Å². The van der Waals surface area contributed by atoms with Crippen LogP contribution in [0.4, 0.5) is 0 Å². The van der Waals surface area contributed by atoms with Crippen molar-refractivity contribution in [2.75, 3.05) is 40.0 Å². The minimum absolute atomic E-state index is 0.0615. The normalized spacial score (nSPS) is 29.1. The molecule has 2 heterocycles. The highest BCUT2D eigenvalue weighted by Gasteiger charge is 2.31. The Morgan fingerprint density at radius 2 is 2.20 bits per heavy atom. The van der Waals surface area contributed by atoms with Crippen LogP contribution in [0.25, 0.3) is 0 Å². The molecule has 0 aliphatic carbocycles. The van der Waals surface area contributed by atoms with Crippen LogP contribution < -0.4 is 5.73 Å². The molecule has 1 unspecified atom stereocenters. The first kappa shape index (κ1) is 10.9. The van der Waals surface area contributed by atoms with Gasteiger partial charge in [0.1, 0.15) is 6.73 Å². The van der Waals surface area contributed by atoms with Gasteiger partial charge in [-0.25, -0.2) is 0 Å². The summed E-state index contributed by atoms with van der Waals surface area (Å²) in [4.78, 5) is 15.7. The van der Waals surface area contributed by atoms with Crippen molar-refractivity contribution in [3.05, 3.63) is 0 Å². The summed E-state index contributed by atoms with van der Waals surface area (Å²) in [5.41, 5.74) is 5.76. The summed E-state index contributed by atoms with van der Waals surface area (Å²) in [5.74, 6) is 0.0276. The summed E-state index contributed by atoms with van der Waals surface area (Å²) in [5, 5.41) is 0. The summed E-state index contributed by atoms with van der Waals surface area (Å²) in [6.45, 7) is 3.86. The molecule has 15 heavy (non-hydrogen) atoms. The molecule has 86 valence electrons.